The number of rotatable bonds is 6. The molecular weight excluding hydrogens is 357 g/mol. The van der Waals surface area contributed by atoms with Crippen LogP contribution in [0, 0.1) is 5.92 Å². The van der Waals surface area contributed by atoms with Crippen LogP contribution in [-0.2, 0) is 17.9 Å². The Bertz CT molecular complexity index is 525. The van der Waals surface area contributed by atoms with Gasteiger partial charge in [-0.2, -0.15) is 0 Å². The van der Waals surface area contributed by atoms with E-state index >= 15 is 0 Å². The number of nitrogens with zero attached hydrogens (tertiary/aromatic N) is 1. The SMILES string of the molecule is CC(C)N(C)Cc1cccc(CNC(=O)C2CCCC(N)C2)c1.Cl.Cl. The third kappa shape index (κ3) is 7.95. The van der Waals surface area contributed by atoms with Crippen molar-refractivity contribution in [2.45, 2.75) is 64.7 Å². The lowest BCUT2D eigenvalue weighted by Gasteiger charge is -2.25. The van der Waals surface area contributed by atoms with E-state index in [0.717, 1.165) is 37.8 Å². The maximum absolute atomic E-state index is 12.3. The molecule has 2 rings (SSSR count). The molecule has 0 aliphatic heterocycles. The van der Waals surface area contributed by atoms with E-state index in [2.05, 4.69) is 55.4 Å². The summed E-state index contributed by atoms with van der Waals surface area (Å²) < 4.78 is 0. The molecule has 2 unspecified atom stereocenters. The molecule has 6 heteroatoms. The average Bonchev–Trinajstić information content (AvgIpc) is 2.53. The number of nitrogens with two attached hydrogens (primary N) is 1. The van der Waals surface area contributed by atoms with Crippen LogP contribution < -0.4 is 11.1 Å². The van der Waals surface area contributed by atoms with Gasteiger partial charge >= 0.3 is 0 Å². The Morgan fingerprint density at radius 1 is 1.28 bits per heavy atom. The summed E-state index contributed by atoms with van der Waals surface area (Å²) in [4.78, 5) is 14.6. The summed E-state index contributed by atoms with van der Waals surface area (Å²) >= 11 is 0. The summed E-state index contributed by atoms with van der Waals surface area (Å²) in [6.07, 6.45) is 3.91. The molecule has 1 aromatic rings. The van der Waals surface area contributed by atoms with Crippen molar-refractivity contribution >= 4 is 30.7 Å². The summed E-state index contributed by atoms with van der Waals surface area (Å²) in [6.45, 7) is 5.92. The minimum Gasteiger partial charge on any atom is -0.352 e. The van der Waals surface area contributed by atoms with E-state index in [1.165, 1.54) is 5.56 Å². The molecule has 2 atom stereocenters. The minimum atomic E-state index is 0. The lowest BCUT2D eigenvalue weighted by molar-refractivity contribution is -0.126. The highest BCUT2D eigenvalue weighted by molar-refractivity contribution is 5.85. The maximum Gasteiger partial charge on any atom is 0.223 e. The highest BCUT2D eigenvalue weighted by atomic mass is 35.5. The first-order chi connectivity index (χ1) is 11.0. The van der Waals surface area contributed by atoms with Crippen LogP contribution in [-0.4, -0.2) is 29.9 Å². The normalized spacial score (nSPS) is 19.9. The van der Waals surface area contributed by atoms with E-state index in [9.17, 15) is 4.79 Å². The van der Waals surface area contributed by atoms with Gasteiger partial charge in [-0.3, -0.25) is 9.69 Å². The first kappa shape index (κ1) is 24.2. The zero-order valence-electron chi connectivity index (χ0n) is 15.5. The predicted octanol–water partition coefficient (Wildman–Crippen LogP) is 3.50. The summed E-state index contributed by atoms with van der Waals surface area (Å²) in [7, 11) is 2.13. The predicted molar refractivity (Wildman–Crippen MR) is 109 cm³/mol. The average molecular weight is 390 g/mol. The van der Waals surface area contributed by atoms with Crippen LogP contribution >= 0.6 is 24.8 Å². The number of carbonyl (C=O) groups is 1. The van der Waals surface area contributed by atoms with Gasteiger partial charge in [0, 0.05) is 31.1 Å². The smallest absolute Gasteiger partial charge is 0.223 e. The van der Waals surface area contributed by atoms with E-state index in [4.69, 9.17) is 5.73 Å². The maximum atomic E-state index is 12.3. The van der Waals surface area contributed by atoms with Crippen LogP contribution in [0.5, 0.6) is 0 Å². The first-order valence-corrected chi connectivity index (χ1v) is 8.77. The molecule has 1 saturated carbocycles. The van der Waals surface area contributed by atoms with E-state index in [0.29, 0.717) is 12.6 Å². The van der Waals surface area contributed by atoms with Gasteiger partial charge < -0.3 is 11.1 Å². The Morgan fingerprint density at radius 2 is 1.96 bits per heavy atom. The standard InChI is InChI=1S/C19H31N3O.2ClH/c1-14(2)22(3)13-16-7-4-6-15(10-16)12-21-19(23)17-8-5-9-18(20)11-17;;/h4,6-7,10,14,17-18H,5,8-9,11-13,20H2,1-3H3,(H,21,23);2*1H. The number of hydrogen-bond acceptors (Lipinski definition) is 3. The zero-order valence-corrected chi connectivity index (χ0v) is 17.2. The Morgan fingerprint density at radius 3 is 2.60 bits per heavy atom. The second-order valence-corrected chi connectivity index (χ2v) is 7.17. The fraction of sp³-hybridized carbons (Fsp3) is 0.632. The Hall–Kier alpha value is -0.810. The topological polar surface area (TPSA) is 58.4 Å². The molecule has 0 heterocycles. The minimum absolute atomic E-state index is 0. The van der Waals surface area contributed by atoms with Gasteiger partial charge in [-0.1, -0.05) is 30.7 Å². The second kappa shape index (κ2) is 11.7. The fourth-order valence-electron chi connectivity index (χ4n) is 3.11. The molecule has 144 valence electrons. The molecule has 4 nitrogen and oxygen atoms in total. The van der Waals surface area contributed by atoms with Crippen LogP contribution in [0.15, 0.2) is 24.3 Å². The zero-order chi connectivity index (χ0) is 16.8. The molecule has 3 N–H and O–H groups in total. The number of carbonyl (C=O) groups excluding carboxylic acids is 1. The first-order valence-electron chi connectivity index (χ1n) is 8.77. The molecule has 0 bridgehead atoms. The molecule has 1 aliphatic carbocycles. The third-order valence-electron chi connectivity index (χ3n) is 4.86. The van der Waals surface area contributed by atoms with Gasteiger partial charge in [-0.05, 0) is 51.3 Å². The van der Waals surface area contributed by atoms with Crippen molar-refractivity contribution in [2.75, 3.05) is 7.05 Å². The molecule has 1 amide bonds. The van der Waals surface area contributed by atoms with Gasteiger partial charge in [0.2, 0.25) is 5.91 Å². The molecule has 1 fully saturated rings. The number of amides is 1. The van der Waals surface area contributed by atoms with Gasteiger partial charge in [0.25, 0.3) is 0 Å². The van der Waals surface area contributed by atoms with E-state index in [1.807, 2.05) is 0 Å². The lowest BCUT2D eigenvalue weighted by Crippen LogP contribution is -2.37. The van der Waals surface area contributed by atoms with Crippen molar-refractivity contribution < 1.29 is 4.79 Å². The van der Waals surface area contributed by atoms with E-state index < -0.39 is 0 Å². The molecule has 0 radical (unpaired) electrons. The second-order valence-electron chi connectivity index (χ2n) is 7.17. The van der Waals surface area contributed by atoms with Crippen molar-refractivity contribution in [3.8, 4) is 0 Å². The van der Waals surface area contributed by atoms with Gasteiger partial charge in [0.05, 0.1) is 0 Å². The van der Waals surface area contributed by atoms with Crippen molar-refractivity contribution in [1.29, 1.82) is 0 Å². The molecule has 0 saturated heterocycles. The van der Waals surface area contributed by atoms with Gasteiger partial charge in [0.1, 0.15) is 0 Å². The summed E-state index contributed by atoms with van der Waals surface area (Å²) in [5, 5.41) is 3.08. The molecular formula is C19H33Cl2N3O. The monoisotopic (exact) mass is 389 g/mol. The van der Waals surface area contributed by atoms with Crippen molar-refractivity contribution in [1.82, 2.24) is 10.2 Å². The fourth-order valence-corrected chi connectivity index (χ4v) is 3.11. The van der Waals surface area contributed by atoms with Crippen molar-refractivity contribution in [2.24, 2.45) is 11.7 Å². The lowest BCUT2D eigenvalue weighted by atomic mass is 9.85. The molecule has 25 heavy (non-hydrogen) atoms. The third-order valence-corrected chi connectivity index (χ3v) is 4.86. The molecule has 0 spiro atoms. The van der Waals surface area contributed by atoms with E-state index in [1.54, 1.807) is 0 Å². The molecule has 1 aromatic carbocycles. The van der Waals surface area contributed by atoms with Crippen LogP contribution in [0.25, 0.3) is 0 Å². The Kier molecular flexibility index (Phi) is 11.4. The number of nitrogens with one attached hydrogen (secondary N) is 1. The van der Waals surface area contributed by atoms with Crippen LogP contribution in [0.1, 0.15) is 50.7 Å². The van der Waals surface area contributed by atoms with Gasteiger partial charge in [0.15, 0.2) is 0 Å². The Labute approximate surface area is 164 Å². The summed E-state index contributed by atoms with van der Waals surface area (Å²) in [6, 6.07) is 9.19. The number of hydrogen-bond donors (Lipinski definition) is 2. The quantitative estimate of drug-likeness (QED) is 0.782. The Balaban J connectivity index is 0.00000288. The van der Waals surface area contributed by atoms with E-state index in [-0.39, 0.29) is 42.7 Å². The largest absolute Gasteiger partial charge is 0.352 e. The summed E-state index contributed by atoms with van der Waals surface area (Å²) in [5.41, 5.74) is 8.42. The van der Waals surface area contributed by atoms with Crippen molar-refractivity contribution in [3.63, 3.8) is 0 Å². The van der Waals surface area contributed by atoms with Crippen LogP contribution in [0.4, 0.5) is 0 Å². The van der Waals surface area contributed by atoms with Crippen molar-refractivity contribution in [3.05, 3.63) is 35.4 Å². The molecule has 0 aromatic heterocycles. The number of halogens is 2. The highest BCUT2D eigenvalue weighted by Crippen LogP contribution is 2.23. The van der Waals surface area contributed by atoms with Crippen LogP contribution in [0.3, 0.4) is 0 Å². The number of benzene rings is 1. The summed E-state index contributed by atoms with van der Waals surface area (Å²) in [5.74, 6) is 0.249. The van der Waals surface area contributed by atoms with Gasteiger partial charge in [-0.15, -0.1) is 24.8 Å². The highest BCUT2D eigenvalue weighted by Gasteiger charge is 2.24. The van der Waals surface area contributed by atoms with Crippen LogP contribution in [0.2, 0.25) is 0 Å². The molecule has 1 aliphatic rings. The van der Waals surface area contributed by atoms with Gasteiger partial charge in [-0.25, -0.2) is 0 Å².